The van der Waals surface area contributed by atoms with E-state index in [4.69, 9.17) is 0 Å². The number of hydrogen-bond donors (Lipinski definition) is 1. The summed E-state index contributed by atoms with van der Waals surface area (Å²) >= 11 is 0. The van der Waals surface area contributed by atoms with Gasteiger partial charge in [-0.15, -0.1) is 0 Å². The van der Waals surface area contributed by atoms with Gasteiger partial charge in [-0.3, -0.25) is 19.3 Å². The number of nitrogens with one attached hydrogen (secondary N) is 1. The van der Waals surface area contributed by atoms with Crippen LogP contribution in [0.15, 0.2) is 54.6 Å². The second-order valence-electron chi connectivity index (χ2n) is 9.29. The van der Waals surface area contributed by atoms with Gasteiger partial charge >= 0.3 is 11.8 Å². The Hall–Kier alpha value is -3.15. The number of para-hydroxylation sites is 1. The molecule has 4 aliphatic rings. The van der Waals surface area contributed by atoms with Gasteiger partial charge in [0.2, 0.25) is 5.66 Å². The molecule has 1 saturated carbocycles. The van der Waals surface area contributed by atoms with Gasteiger partial charge in [-0.05, 0) is 36.5 Å². The quantitative estimate of drug-likeness (QED) is 0.784. The number of anilines is 1. The summed E-state index contributed by atoms with van der Waals surface area (Å²) in [7, 11) is 0. The topological polar surface area (TPSA) is 69.7 Å². The molecule has 2 saturated heterocycles. The number of carbonyl (C=O) groups excluding carboxylic acids is 3. The summed E-state index contributed by atoms with van der Waals surface area (Å²) in [5.74, 6) is -1.46. The molecule has 3 heterocycles. The highest BCUT2D eigenvalue weighted by Crippen LogP contribution is 2.59. The first-order chi connectivity index (χ1) is 15.1. The van der Waals surface area contributed by atoms with Crippen molar-refractivity contribution < 1.29 is 14.4 Å². The second-order valence-corrected chi connectivity index (χ2v) is 9.29. The first kappa shape index (κ1) is 18.6. The third-order valence-electron chi connectivity index (χ3n) is 7.76. The molecule has 31 heavy (non-hydrogen) atoms. The van der Waals surface area contributed by atoms with E-state index >= 15 is 0 Å². The highest BCUT2D eigenvalue weighted by Gasteiger charge is 2.77. The van der Waals surface area contributed by atoms with Crippen molar-refractivity contribution in [3.8, 4) is 0 Å². The Balaban J connectivity index is 1.57. The Morgan fingerprint density at radius 2 is 1.61 bits per heavy atom. The highest BCUT2D eigenvalue weighted by atomic mass is 16.2. The van der Waals surface area contributed by atoms with E-state index in [1.54, 1.807) is 0 Å². The number of nitrogens with zero attached hydrogens (tertiary/aromatic N) is 2. The van der Waals surface area contributed by atoms with Gasteiger partial charge in [0.25, 0.3) is 5.91 Å². The summed E-state index contributed by atoms with van der Waals surface area (Å²) in [6.45, 7) is 0.506. The van der Waals surface area contributed by atoms with E-state index in [2.05, 4.69) is 17.4 Å². The molecule has 0 bridgehead atoms. The fourth-order valence-electron chi connectivity index (χ4n) is 6.45. The number of benzene rings is 2. The molecule has 2 aromatic carbocycles. The number of rotatable bonds is 3. The molecule has 2 aromatic rings. The fraction of sp³-hybridized carbons (Fsp3) is 0.400. The van der Waals surface area contributed by atoms with Gasteiger partial charge in [0, 0.05) is 12.6 Å². The minimum atomic E-state index is -1.38. The fourth-order valence-corrected chi connectivity index (χ4v) is 6.45. The SMILES string of the molecule is O=C1N[C@]23C(=O)N(C4CCCCC4)C[C@@]2(Cc2ccccc2)c2ccccc2N3C1=O. The first-order valence-corrected chi connectivity index (χ1v) is 11.2. The minimum absolute atomic E-state index is 0.134. The van der Waals surface area contributed by atoms with E-state index in [-0.39, 0.29) is 11.9 Å². The number of likely N-dealkylation sites (tertiary alicyclic amines) is 1. The third-order valence-corrected chi connectivity index (χ3v) is 7.76. The number of hydrogen-bond acceptors (Lipinski definition) is 3. The van der Waals surface area contributed by atoms with Crippen molar-refractivity contribution in [2.75, 3.05) is 11.4 Å². The van der Waals surface area contributed by atoms with Gasteiger partial charge < -0.3 is 10.2 Å². The maximum Gasteiger partial charge on any atom is 0.318 e. The van der Waals surface area contributed by atoms with E-state index < -0.39 is 22.9 Å². The summed E-state index contributed by atoms with van der Waals surface area (Å²) in [6.07, 6.45) is 5.95. The predicted octanol–water partition coefficient (Wildman–Crippen LogP) is 2.51. The van der Waals surface area contributed by atoms with Crippen molar-refractivity contribution in [3.05, 3.63) is 65.7 Å². The smallest absolute Gasteiger partial charge is 0.318 e. The standard InChI is InChI=1S/C25H25N3O3/c29-21-22(30)28-20-14-8-7-13-19(20)24(15-17-9-3-1-4-10-17)16-27(18-11-5-2-6-12-18)23(31)25(24,28)26-21/h1,3-4,7-10,13-14,18H,2,5-6,11-12,15-16H2,(H,26,29)/t24-,25-/m0/s1. The zero-order valence-electron chi connectivity index (χ0n) is 17.3. The lowest BCUT2D eigenvalue weighted by Gasteiger charge is -2.37. The normalized spacial score (nSPS) is 29.7. The molecular weight excluding hydrogens is 390 g/mol. The van der Waals surface area contributed by atoms with E-state index in [1.807, 2.05) is 47.4 Å². The summed E-state index contributed by atoms with van der Waals surface area (Å²) in [5.41, 5.74) is 0.641. The second kappa shape index (κ2) is 6.42. The van der Waals surface area contributed by atoms with Crippen molar-refractivity contribution in [1.82, 2.24) is 10.2 Å². The molecule has 6 heteroatoms. The van der Waals surface area contributed by atoms with Crippen LogP contribution in [-0.4, -0.2) is 40.9 Å². The molecule has 3 fully saturated rings. The molecule has 0 unspecified atom stereocenters. The van der Waals surface area contributed by atoms with Crippen molar-refractivity contribution in [2.24, 2.45) is 0 Å². The Morgan fingerprint density at radius 1 is 0.903 bits per heavy atom. The van der Waals surface area contributed by atoms with Crippen molar-refractivity contribution in [3.63, 3.8) is 0 Å². The lowest BCUT2D eigenvalue weighted by atomic mass is 9.70. The lowest BCUT2D eigenvalue weighted by Crippen LogP contribution is -2.65. The van der Waals surface area contributed by atoms with E-state index in [0.717, 1.165) is 36.8 Å². The Labute approximate surface area is 181 Å². The van der Waals surface area contributed by atoms with Crippen LogP contribution in [0.2, 0.25) is 0 Å². The average Bonchev–Trinajstić information content (AvgIpc) is 3.31. The Morgan fingerprint density at radius 3 is 2.39 bits per heavy atom. The van der Waals surface area contributed by atoms with Crippen LogP contribution in [0.3, 0.4) is 0 Å². The van der Waals surface area contributed by atoms with Crippen LogP contribution < -0.4 is 10.2 Å². The third kappa shape index (κ3) is 2.25. The van der Waals surface area contributed by atoms with Crippen LogP contribution in [0, 0.1) is 0 Å². The van der Waals surface area contributed by atoms with Gasteiger partial charge in [0.1, 0.15) is 0 Å². The number of carbonyl (C=O) groups is 3. The predicted molar refractivity (Wildman–Crippen MR) is 115 cm³/mol. The van der Waals surface area contributed by atoms with Crippen LogP contribution in [0.4, 0.5) is 5.69 Å². The molecule has 3 amide bonds. The van der Waals surface area contributed by atoms with Crippen LogP contribution in [0.1, 0.15) is 43.2 Å². The molecule has 1 N–H and O–H groups in total. The van der Waals surface area contributed by atoms with Gasteiger partial charge in [0.15, 0.2) is 0 Å². The Kier molecular flexibility index (Phi) is 3.86. The monoisotopic (exact) mass is 415 g/mol. The van der Waals surface area contributed by atoms with Crippen molar-refractivity contribution in [2.45, 2.75) is 55.6 Å². The largest absolute Gasteiger partial charge is 0.335 e. The Bertz CT molecular complexity index is 1090. The molecule has 1 aliphatic carbocycles. The molecule has 1 spiro atoms. The van der Waals surface area contributed by atoms with Crippen LogP contribution in [-0.2, 0) is 26.2 Å². The summed E-state index contributed by atoms with van der Waals surface area (Å²) in [5, 5.41) is 2.91. The summed E-state index contributed by atoms with van der Waals surface area (Å²) < 4.78 is 0. The number of fused-ring (bicyclic) bond motifs is 3. The van der Waals surface area contributed by atoms with Gasteiger partial charge in [-0.1, -0.05) is 67.8 Å². The molecule has 2 atom stereocenters. The van der Waals surface area contributed by atoms with Crippen LogP contribution >= 0.6 is 0 Å². The molecule has 3 aliphatic heterocycles. The highest BCUT2D eigenvalue weighted by molar-refractivity contribution is 6.46. The van der Waals surface area contributed by atoms with Crippen LogP contribution in [0.25, 0.3) is 0 Å². The molecule has 158 valence electrons. The van der Waals surface area contributed by atoms with E-state index in [9.17, 15) is 14.4 Å². The molecule has 6 rings (SSSR count). The van der Waals surface area contributed by atoms with Gasteiger partial charge in [-0.25, -0.2) is 0 Å². The molecule has 6 nitrogen and oxygen atoms in total. The maximum absolute atomic E-state index is 14.2. The van der Waals surface area contributed by atoms with Crippen molar-refractivity contribution in [1.29, 1.82) is 0 Å². The summed E-state index contributed by atoms with van der Waals surface area (Å²) in [6, 6.07) is 17.9. The van der Waals surface area contributed by atoms with Gasteiger partial charge in [-0.2, -0.15) is 0 Å². The van der Waals surface area contributed by atoms with Crippen LogP contribution in [0.5, 0.6) is 0 Å². The zero-order chi connectivity index (χ0) is 21.2. The lowest BCUT2D eigenvalue weighted by molar-refractivity contribution is -0.137. The number of amides is 3. The summed E-state index contributed by atoms with van der Waals surface area (Å²) in [4.78, 5) is 43.3. The zero-order valence-corrected chi connectivity index (χ0v) is 17.3. The first-order valence-electron chi connectivity index (χ1n) is 11.2. The van der Waals surface area contributed by atoms with E-state index in [1.165, 1.54) is 11.3 Å². The van der Waals surface area contributed by atoms with E-state index in [0.29, 0.717) is 18.7 Å². The minimum Gasteiger partial charge on any atom is -0.335 e. The molecular formula is C25H25N3O3. The van der Waals surface area contributed by atoms with Crippen molar-refractivity contribution >= 4 is 23.4 Å². The van der Waals surface area contributed by atoms with Gasteiger partial charge in [0.05, 0.1) is 11.1 Å². The average molecular weight is 415 g/mol. The molecule has 0 aromatic heterocycles. The molecule has 0 radical (unpaired) electrons. The maximum atomic E-state index is 14.2.